The molecule has 3 nitrogen and oxygen atoms in total. The zero-order valence-electron chi connectivity index (χ0n) is 10.3. The van der Waals surface area contributed by atoms with Crippen LogP contribution in [0, 0.1) is 5.92 Å². The van der Waals surface area contributed by atoms with E-state index in [0.29, 0.717) is 6.04 Å². The molecule has 2 fully saturated rings. The van der Waals surface area contributed by atoms with E-state index in [1.54, 1.807) is 0 Å². The van der Waals surface area contributed by atoms with Crippen molar-refractivity contribution in [3.8, 4) is 0 Å². The van der Waals surface area contributed by atoms with Crippen molar-refractivity contribution in [2.75, 3.05) is 39.9 Å². The van der Waals surface area contributed by atoms with Gasteiger partial charge in [-0.25, -0.2) is 0 Å². The minimum atomic E-state index is 0. The number of nitrogens with one attached hydrogen (secondary N) is 1. The van der Waals surface area contributed by atoms with Gasteiger partial charge in [-0.05, 0) is 45.2 Å². The van der Waals surface area contributed by atoms with Crippen LogP contribution in [0.25, 0.3) is 0 Å². The molecule has 4 heteroatoms. The highest BCUT2D eigenvalue weighted by atomic mass is 35.5. The summed E-state index contributed by atoms with van der Waals surface area (Å²) in [6.45, 7) is 5.73. The van der Waals surface area contributed by atoms with Gasteiger partial charge in [0.2, 0.25) is 0 Å². The third-order valence-corrected chi connectivity index (χ3v) is 3.68. The summed E-state index contributed by atoms with van der Waals surface area (Å²) in [5.41, 5.74) is 0. The Bertz CT molecular complexity index is 186. The summed E-state index contributed by atoms with van der Waals surface area (Å²) < 4.78 is 5.53. The third-order valence-electron chi connectivity index (χ3n) is 3.68. The molecule has 0 spiro atoms. The van der Waals surface area contributed by atoms with Gasteiger partial charge in [0.15, 0.2) is 0 Å². The molecule has 2 aliphatic rings. The summed E-state index contributed by atoms with van der Waals surface area (Å²) >= 11 is 0. The fraction of sp³-hybridized carbons (Fsp3) is 1.00. The zero-order chi connectivity index (χ0) is 10.5. The molecule has 96 valence electrons. The van der Waals surface area contributed by atoms with Crippen molar-refractivity contribution in [2.24, 2.45) is 5.92 Å². The van der Waals surface area contributed by atoms with E-state index in [1.807, 2.05) is 0 Å². The molecule has 0 aromatic rings. The van der Waals surface area contributed by atoms with Gasteiger partial charge in [0, 0.05) is 25.7 Å². The predicted molar refractivity (Wildman–Crippen MR) is 69.3 cm³/mol. The molecule has 2 saturated heterocycles. The molecule has 0 aliphatic carbocycles. The van der Waals surface area contributed by atoms with Crippen molar-refractivity contribution in [3.05, 3.63) is 0 Å². The average molecular weight is 249 g/mol. The van der Waals surface area contributed by atoms with Gasteiger partial charge in [0.25, 0.3) is 0 Å². The lowest BCUT2D eigenvalue weighted by Gasteiger charge is -2.35. The second-order valence-electron chi connectivity index (χ2n) is 4.97. The van der Waals surface area contributed by atoms with Gasteiger partial charge < -0.3 is 15.0 Å². The summed E-state index contributed by atoms with van der Waals surface area (Å²) in [5.74, 6) is 0.786. The lowest BCUT2D eigenvalue weighted by Crippen LogP contribution is -2.46. The Balaban J connectivity index is 0.00000128. The lowest BCUT2D eigenvalue weighted by molar-refractivity contribution is 0.0334. The number of likely N-dealkylation sites (tertiary alicyclic amines) is 1. The number of rotatable bonds is 3. The second-order valence-corrected chi connectivity index (χ2v) is 4.97. The SMILES string of the molecule is CNC1CCCN(CC2CCCOC2)C1.Cl. The molecule has 0 bridgehead atoms. The predicted octanol–water partition coefficient (Wildman–Crippen LogP) is 1.52. The van der Waals surface area contributed by atoms with Gasteiger partial charge in [0.1, 0.15) is 0 Å². The molecule has 16 heavy (non-hydrogen) atoms. The molecule has 2 atom stereocenters. The Kier molecular flexibility index (Phi) is 6.66. The van der Waals surface area contributed by atoms with Crippen LogP contribution in [0.5, 0.6) is 0 Å². The van der Waals surface area contributed by atoms with Gasteiger partial charge in [-0.1, -0.05) is 0 Å². The van der Waals surface area contributed by atoms with E-state index in [1.165, 1.54) is 45.3 Å². The van der Waals surface area contributed by atoms with Gasteiger partial charge in [-0.2, -0.15) is 0 Å². The van der Waals surface area contributed by atoms with Crippen LogP contribution < -0.4 is 5.32 Å². The number of hydrogen-bond acceptors (Lipinski definition) is 3. The summed E-state index contributed by atoms with van der Waals surface area (Å²) in [5, 5.41) is 3.40. The number of likely N-dealkylation sites (N-methyl/N-ethyl adjacent to an activating group) is 1. The Morgan fingerprint density at radius 1 is 1.31 bits per heavy atom. The minimum absolute atomic E-state index is 0. The van der Waals surface area contributed by atoms with E-state index >= 15 is 0 Å². The zero-order valence-corrected chi connectivity index (χ0v) is 11.1. The summed E-state index contributed by atoms with van der Waals surface area (Å²) in [6, 6.07) is 0.711. The molecule has 0 aromatic carbocycles. The Hall–Kier alpha value is 0.170. The normalized spacial score (nSPS) is 32.1. The first-order chi connectivity index (χ1) is 7.38. The van der Waals surface area contributed by atoms with Gasteiger partial charge in [0.05, 0.1) is 6.61 Å². The van der Waals surface area contributed by atoms with Gasteiger partial charge in [-0.15, -0.1) is 12.4 Å². The topological polar surface area (TPSA) is 24.5 Å². The molecule has 0 saturated carbocycles. The number of hydrogen-bond donors (Lipinski definition) is 1. The van der Waals surface area contributed by atoms with Crippen LogP contribution in [0.1, 0.15) is 25.7 Å². The lowest BCUT2D eigenvalue weighted by atomic mass is 9.99. The van der Waals surface area contributed by atoms with Gasteiger partial charge in [-0.3, -0.25) is 0 Å². The largest absolute Gasteiger partial charge is 0.381 e. The fourth-order valence-corrected chi connectivity index (χ4v) is 2.77. The van der Waals surface area contributed by atoms with E-state index in [9.17, 15) is 0 Å². The minimum Gasteiger partial charge on any atom is -0.381 e. The van der Waals surface area contributed by atoms with E-state index in [2.05, 4.69) is 17.3 Å². The molecule has 2 heterocycles. The Labute approximate surface area is 105 Å². The maximum atomic E-state index is 5.53. The summed E-state index contributed by atoms with van der Waals surface area (Å²) in [4.78, 5) is 2.62. The van der Waals surface area contributed by atoms with Gasteiger partial charge >= 0.3 is 0 Å². The van der Waals surface area contributed by atoms with Crippen molar-refractivity contribution >= 4 is 12.4 Å². The quantitative estimate of drug-likeness (QED) is 0.820. The Morgan fingerprint density at radius 2 is 2.19 bits per heavy atom. The first kappa shape index (κ1) is 14.2. The van der Waals surface area contributed by atoms with Crippen molar-refractivity contribution in [2.45, 2.75) is 31.7 Å². The molecule has 2 unspecified atom stereocenters. The van der Waals surface area contributed by atoms with Crippen LogP contribution in [0.4, 0.5) is 0 Å². The second kappa shape index (κ2) is 7.49. The van der Waals surface area contributed by atoms with Crippen LogP contribution in [-0.4, -0.2) is 50.8 Å². The molecule has 1 N–H and O–H groups in total. The number of halogens is 1. The van der Waals surface area contributed by atoms with Crippen molar-refractivity contribution < 1.29 is 4.74 Å². The van der Waals surface area contributed by atoms with Crippen LogP contribution in [0.3, 0.4) is 0 Å². The number of ether oxygens (including phenoxy) is 1. The summed E-state index contributed by atoms with van der Waals surface area (Å²) in [7, 11) is 2.08. The summed E-state index contributed by atoms with van der Waals surface area (Å²) in [6.07, 6.45) is 5.31. The maximum absolute atomic E-state index is 5.53. The van der Waals surface area contributed by atoms with Crippen molar-refractivity contribution in [1.82, 2.24) is 10.2 Å². The molecule has 0 amide bonds. The average Bonchev–Trinajstić information content (AvgIpc) is 2.31. The standard InChI is InChI=1S/C12H24N2O.ClH/c1-13-12-5-2-6-14(9-12)8-11-4-3-7-15-10-11;/h11-13H,2-10H2,1H3;1H. The fourth-order valence-electron chi connectivity index (χ4n) is 2.77. The Morgan fingerprint density at radius 3 is 2.88 bits per heavy atom. The number of piperidine rings is 1. The number of nitrogens with zero attached hydrogens (tertiary/aromatic N) is 1. The van der Waals surface area contributed by atoms with Crippen LogP contribution >= 0.6 is 12.4 Å². The van der Waals surface area contributed by atoms with E-state index < -0.39 is 0 Å². The molecule has 2 rings (SSSR count). The highest BCUT2D eigenvalue weighted by Crippen LogP contribution is 2.17. The highest BCUT2D eigenvalue weighted by Gasteiger charge is 2.22. The molecular weight excluding hydrogens is 224 g/mol. The maximum Gasteiger partial charge on any atom is 0.0506 e. The molecular formula is C12H25ClN2O. The van der Waals surface area contributed by atoms with Crippen LogP contribution in [0.15, 0.2) is 0 Å². The first-order valence-electron chi connectivity index (χ1n) is 6.36. The highest BCUT2D eigenvalue weighted by molar-refractivity contribution is 5.85. The molecule has 2 aliphatic heterocycles. The molecule has 0 radical (unpaired) electrons. The van der Waals surface area contributed by atoms with E-state index in [0.717, 1.165) is 19.1 Å². The van der Waals surface area contributed by atoms with E-state index in [4.69, 9.17) is 4.74 Å². The van der Waals surface area contributed by atoms with E-state index in [-0.39, 0.29) is 12.4 Å². The van der Waals surface area contributed by atoms with Crippen LogP contribution in [-0.2, 0) is 4.74 Å². The smallest absolute Gasteiger partial charge is 0.0506 e. The van der Waals surface area contributed by atoms with Crippen LogP contribution in [0.2, 0.25) is 0 Å². The molecule has 0 aromatic heterocycles. The first-order valence-corrected chi connectivity index (χ1v) is 6.36. The monoisotopic (exact) mass is 248 g/mol. The third kappa shape index (κ3) is 4.21. The van der Waals surface area contributed by atoms with Crippen molar-refractivity contribution in [1.29, 1.82) is 0 Å². The van der Waals surface area contributed by atoms with Crippen molar-refractivity contribution in [3.63, 3.8) is 0 Å².